The minimum absolute atomic E-state index is 0. The molecular formula is C18H22ClFN4O. The summed E-state index contributed by atoms with van der Waals surface area (Å²) in [5.74, 6) is -0.363. The first kappa shape index (κ1) is 17.9. The van der Waals surface area contributed by atoms with Gasteiger partial charge in [0.1, 0.15) is 5.82 Å². The quantitative estimate of drug-likeness (QED) is 0.780. The molecule has 1 fully saturated rings. The molecular weight excluding hydrogens is 343 g/mol. The number of aromatic nitrogens is 2. The number of H-pyrrole nitrogens is 1. The van der Waals surface area contributed by atoms with E-state index in [0.717, 1.165) is 49.0 Å². The van der Waals surface area contributed by atoms with Gasteiger partial charge in [0.05, 0.1) is 0 Å². The van der Waals surface area contributed by atoms with Crippen molar-refractivity contribution in [1.29, 1.82) is 0 Å². The Morgan fingerprint density at radius 2 is 2.04 bits per heavy atom. The number of carbonyl (C=O) groups excluding carboxylic acids is 1. The van der Waals surface area contributed by atoms with Crippen molar-refractivity contribution in [2.45, 2.75) is 37.6 Å². The van der Waals surface area contributed by atoms with Crippen LogP contribution in [0.25, 0.3) is 0 Å². The number of fused-ring (bicyclic) bond motifs is 1. The van der Waals surface area contributed by atoms with Crippen molar-refractivity contribution in [2.24, 2.45) is 0 Å². The number of nitrogens with zero attached hydrogens (tertiary/aromatic N) is 1. The molecule has 1 amide bonds. The molecule has 3 N–H and O–H groups in total. The number of hydrogen-bond donors (Lipinski definition) is 3. The summed E-state index contributed by atoms with van der Waals surface area (Å²) in [5, 5.41) is 13.5. The summed E-state index contributed by atoms with van der Waals surface area (Å²) in [6, 6.07) is 6.65. The van der Waals surface area contributed by atoms with E-state index in [9.17, 15) is 9.18 Å². The molecule has 0 bridgehead atoms. The van der Waals surface area contributed by atoms with Gasteiger partial charge in [-0.25, -0.2) is 4.39 Å². The van der Waals surface area contributed by atoms with Crippen molar-refractivity contribution < 1.29 is 9.18 Å². The van der Waals surface area contributed by atoms with E-state index in [1.807, 2.05) is 12.1 Å². The first-order valence-corrected chi connectivity index (χ1v) is 8.49. The Balaban J connectivity index is 0.00000182. The fraction of sp³-hybridized carbons (Fsp3) is 0.444. The van der Waals surface area contributed by atoms with E-state index in [1.54, 1.807) is 0 Å². The van der Waals surface area contributed by atoms with Gasteiger partial charge in [-0.3, -0.25) is 9.89 Å². The van der Waals surface area contributed by atoms with E-state index in [0.29, 0.717) is 18.8 Å². The first-order chi connectivity index (χ1) is 11.7. The predicted molar refractivity (Wildman–Crippen MR) is 95.5 cm³/mol. The van der Waals surface area contributed by atoms with Gasteiger partial charge in [-0.15, -0.1) is 12.4 Å². The molecule has 134 valence electrons. The van der Waals surface area contributed by atoms with Gasteiger partial charge in [-0.05, 0) is 30.5 Å². The van der Waals surface area contributed by atoms with Gasteiger partial charge in [-0.2, -0.15) is 5.10 Å². The molecule has 7 heteroatoms. The zero-order valence-corrected chi connectivity index (χ0v) is 14.7. The zero-order valence-electron chi connectivity index (χ0n) is 13.9. The Labute approximate surface area is 152 Å². The maximum absolute atomic E-state index is 13.2. The van der Waals surface area contributed by atoms with Crippen molar-refractivity contribution in [3.63, 3.8) is 0 Å². The fourth-order valence-corrected chi connectivity index (χ4v) is 3.72. The molecule has 1 aliphatic heterocycles. The normalized spacial score (nSPS) is 17.8. The van der Waals surface area contributed by atoms with E-state index >= 15 is 0 Å². The van der Waals surface area contributed by atoms with Crippen LogP contribution in [-0.4, -0.2) is 29.2 Å². The van der Waals surface area contributed by atoms with Crippen LogP contribution in [-0.2, 0) is 18.4 Å². The van der Waals surface area contributed by atoms with Crippen molar-refractivity contribution in [3.8, 4) is 0 Å². The summed E-state index contributed by atoms with van der Waals surface area (Å²) in [5.41, 5.74) is 3.55. The van der Waals surface area contributed by atoms with Gasteiger partial charge in [0.25, 0.3) is 5.91 Å². The number of carbonyl (C=O) groups is 1. The Morgan fingerprint density at radius 1 is 1.28 bits per heavy atom. The van der Waals surface area contributed by atoms with Gasteiger partial charge in [0, 0.05) is 42.7 Å². The number of halogens is 2. The molecule has 0 radical (unpaired) electrons. The lowest BCUT2D eigenvalue weighted by molar-refractivity contribution is 0.0921. The average molecular weight is 365 g/mol. The van der Waals surface area contributed by atoms with Crippen molar-refractivity contribution in [2.75, 3.05) is 13.1 Å². The lowest BCUT2D eigenvalue weighted by Gasteiger charge is -2.42. The van der Waals surface area contributed by atoms with Crippen LogP contribution in [0.15, 0.2) is 24.3 Å². The summed E-state index contributed by atoms with van der Waals surface area (Å²) in [7, 11) is 0. The Bertz CT molecular complexity index is 755. The molecule has 1 aromatic heterocycles. The number of aromatic amines is 1. The third-order valence-corrected chi connectivity index (χ3v) is 5.38. The summed E-state index contributed by atoms with van der Waals surface area (Å²) >= 11 is 0. The number of hydrogen-bond acceptors (Lipinski definition) is 3. The Hall–Kier alpha value is -1.92. The van der Waals surface area contributed by atoms with E-state index in [4.69, 9.17) is 0 Å². The van der Waals surface area contributed by atoms with Crippen LogP contribution in [0.4, 0.5) is 4.39 Å². The molecule has 2 heterocycles. The van der Waals surface area contributed by atoms with E-state index in [-0.39, 0.29) is 29.5 Å². The van der Waals surface area contributed by atoms with Gasteiger partial charge >= 0.3 is 0 Å². The maximum atomic E-state index is 13.2. The minimum atomic E-state index is -0.229. The second-order valence-corrected chi connectivity index (χ2v) is 6.78. The van der Waals surface area contributed by atoms with Crippen LogP contribution in [0.3, 0.4) is 0 Å². The molecule has 5 nitrogen and oxygen atoms in total. The highest BCUT2D eigenvalue weighted by atomic mass is 35.5. The number of nitrogens with one attached hydrogen (secondary N) is 3. The molecule has 1 saturated carbocycles. The third-order valence-electron chi connectivity index (χ3n) is 5.38. The standard InChI is InChI=1S/C18H21FN4O.ClH/c19-13-4-2-12(3-5-13)18(7-1-8-18)11-21-17(24)16-14-10-20-9-6-15(14)22-23-16;/h2-5,20H,1,6-11H2,(H,21,24)(H,22,23);1H. The molecule has 0 spiro atoms. The van der Waals surface area contributed by atoms with E-state index in [2.05, 4.69) is 20.8 Å². The summed E-state index contributed by atoms with van der Waals surface area (Å²) < 4.78 is 13.2. The largest absolute Gasteiger partial charge is 0.350 e. The minimum Gasteiger partial charge on any atom is -0.350 e. The van der Waals surface area contributed by atoms with Crippen LogP contribution in [0.5, 0.6) is 0 Å². The number of amides is 1. The third kappa shape index (κ3) is 3.28. The zero-order chi connectivity index (χ0) is 16.6. The average Bonchev–Trinajstić information content (AvgIpc) is 2.99. The van der Waals surface area contributed by atoms with Gasteiger partial charge in [0.2, 0.25) is 0 Å². The first-order valence-electron chi connectivity index (χ1n) is 8.49. The van der Waals surface area contributed by atoms with Crippen LogP contribution < -0.4 is 10.6 Å². The highest BCUT2D eigenvalue weighted by Gasteiger charge is 2.39. The Morgan fingerprint density at radius 3 is 2.72 bits per heavy atom. The second-order valence-electron chi connectivity index (χ2n) is 6.78. The van der Waals surface area contributed by atoms with E-state index < -0.39 is 0 Å². The van der Waals surface area contributed by atoms with Crippen molar-refractivity contribution in [1.82, 2.24) is 20.8 Å². The number of rotatable bonds is 4. The van der Waals surface area contributed by atoms with Crippen LogP contribution in [0.1, 0.15) is 46.6 Å². The van der Waals surface area contributed by atoms with E-state index in [1.165, 1.54) is 12.1 Å². The molecule has 2 aliphatic rings. The fourth-order valence-electron chi connectivity index (χ4n) is 3.72. The monoisotopic (exact) mass is 364 g/mol. The van der Waals surface area contributed by atoms with Gasteiger partial charge in [0.15, 0.2) is 5.69 Å². The highest BCUT2D eigenvalue weighted by molar-refractivity contribution is 5.94. The maximum Gasteiger partial charge on any atom is 0.272 e. The smallest absolute Gasteiger partial charge is 0.272 e. The molecule has 0 unspecified atom stereocenters. The van der Waals surface area contributed by atoms with Crippen LogP contribution in [0, 0.1) is 5.82 Å². The highest BCUT2D eigenvalue weighted by Crippen LogP contribution is 2.43. The molecule has 1 aromatic carbocycles. The summed E-state index contributed by atoms with van der Waals surface area (Å²) in [6.45, 7) is 2.15. The Kier molecular flexibility index (Phi) is 5.11. The number of benzene rings is 1. The molecule has 2 aromatic rings. The predicted octanol–water partition coefficient (Wildman–Crippen LogP) is 2.47. The second kappa shape index (κ2) is 7.14. The molecule has 4 rings (SSSR count). The SMILES string of the molecule is Cl.O=C(NCC1(c2ccc(F)cc2)CCC1)c1n[nH]c2c1CNCC2. The van der Waals surface area contributed by atoms with Gasteiger partial charge in [-0.1, -0.05) is 18.6 Å². The lowest BCUT2D eigenvalue weighted by atomic mass is 9.64. The lowest BCUT2D eigenvalue weighted by Crippen LogP contribution is -2.45. The summed E-state index contributed by atoms with van der Waals surface area (Å²) in [6.07, 6.45) is 4.03. The molecule has 25 heavy (non-hydrogen) atoms. The van der Waals surface area contributed by atoms with Crippen molar-refractivity contribution >= 4 is 18.3 Å². The molecule has 0 saturated heterocycles. The topological polar surface area (TPSA) is 69.8 Å². The van der Waals surface area contributed by atoms with Crippen LogP contribution >= 0.6 is 12.4 Å². The summed E-state index contributed by atoms with van der Waals surface area (Å²) in [4.78, 5) is 12.6. The van der Waals surface area contributed by atoms with Crippen molar-refractivity contribution in [3.05, 3.63) is 52.6 Å². The molecule has 1 aliphatic carbocycles. The van der Waals surface area contributed by atoms with Gasteiger partial charge < -0.3 is 10.6 Å². The molecule has 0 atom stereocenters. The van der Waals surface area contributed by atoms with Crippen LogP contribution in [0.2, 0.25) is 0 Å².